The molecule has 0 saturated carbocycles. The highest BCUT2D eigenvalue weighted by Gasteiger charge is 2.36. The Hall–Kier alpha value is -3.13. The fraction of sp³-hybridized carbons (Fsp3) is 0.348. The van der Waals surface area contributed by atoms with Gasteiger partial charge in [0.05, 0.1) is 22.7 Å². The summed E-state index contributed by atoms with van der Waals surface area (Å²) >= 11 is 1.41. The number of carboxylic acid groups (broad SMARTS) is 1. The van der Waals surface area contributed by atoms with Crippen LogP contribution in [0.1, 0.15) is 46.9 Å². The number of thiophene rings is 1. The first kappa shape index (κ1) is 22.6. The predicted molar refractivity (Wildman–Crippen MR) is 122 cm³/mol. The fourth-order valence-corrected chi connectivity index (χ4v) is 4.58. The molecular formula is C23H28N4O3S. The van der Waals surface area contributed by atoms with Gasteiger partial charge in [0.1, 0.15) is 0 Å². The molecule has 164 valence electrons. The molecule has 0 saturated heterocycles. The van der Waals surface area contributed by atoms with Gasteiger partial charge in [0, 0.05) is 23.7 Å². The molecule has 1 aromatic carbocycles. The van der Waals surface area contributed by atoms with Crippen LogP contribution in [-0.2, 0) is 7.05 Å². The number of aryl methyl sites for hydroxylation is 2. The summed E-state index contributed by atoms with van der Waals surface area (Å²) in [5.41, 5.74) is 2.30. The Morgan fingerprint density at radius 3 is 2.35 bits per heavy atom. The van der Waals surface area contributed by atoms with Crippen LogP contribution in [-0.4, -0.2) is 32.9 Å². The Kier molecular flexibility index (Phi) is 6.50. The summed E-state index contributed by atoms with van der Waals surface area (Å²) in [6.07, 6.45) is 0.601. The minimum Gasteiger partial charge on any atom is -0.465 e. The molecule has 2 atom stereocenters. The van der Waals surface area contributed by atoms with Gasteiger partial charge in [-0.3, -0.25) is 9.48 Å². The normalized spacial score (nSPS) is 13.5. The van der Waals surface area contributed by atoms with Gasteiger partial charge in [0.15, 0.2) is 0 Å². The van der Waals surface area contributed by atoms with E-state index in [2.05, 4.69) is 15.7 Å². The molecule has 0 aliphatic carbocycles. The minimum atomic E-state index is -1.12. The Balaban J connectivity index is 1.96. The topological polar surface area (TPSA) is 96.2 Å². The second-order valence-corrected chi connectivity index (χ2v) is 9.83. The monoisotopic (exact) mass is 440 g/mol. The number of nitrogens with one attached hydrogen (secondary N) is 2. The minimum absolute atomic E-state index is 0.239. The number of aromatic nitrogens is 2. The van der Waals surface area contributed by atoms with Crippen molar-refractivity contribution in [1.82, 2.24) is 20.4 Å². The molecule has 7 nitrogen and oxygen atoms in total. The lowest BCUT2D eigenvalue weighted by Gasteiger charge is -2.37. The molecule has 8 heteroatoms. The van der Waals surface area contributed by atoms with Crippen molar-refractivity contribution < 1.29 is 14.7 Å². The number of amides is 2. The number of hydrogen-bond acceptors (Lipinski definition) is 4. The standard InChI is InChI=1S/C23H28N4O3S/c1-14-16(17-11-12-24-27(17)5)13-18(31-14)21(28)25-19(15-9-7-6-8-10-15)20(23(2,3)4)26-22(29)30/h6-13,19-20,26H,1-5H3,(H,25,28)(H,29,30)/t19-,20?/m0/s1. The third-order valence-corrected chi connectivity index (χ3v) is 6.28. The third-order valence-electron chi connectivity index (χ3n) is 5.23. The maximum Gasteiger partial charge on any atom is 0.404 e. The second kappa shape index (κ2) is 8.93. The summed E-state index contributed by atoms with van der Waals surface area (Å²) in [6.45, 7) is 7.82. The molecule has 3 aromatic rings. The number of nitrogens with zero attached hydrogens (tertiary/aromatic N) is 2. The van der Waals surface area contributed by atoms with Crippen LogP contribution in [0.2, 0.25) is 0 Å². The van der Waals surface area contributed by atoms with E-state index in [9.17, 15) is 14.7 Å². The molecule has 0 bridgehead atoms. The highest BCUT2D eigenvalue weighted by molar-refractivity contribution is 7.14. The molecule has 3 N–H and O–H groups in total. The van der Waals surface area contributed by atoms with Gasteiger partial charge >= 0.3 is 6.09 Å². The molecule has 2 amide bonds. The van der Waals surface area contributed by atoms with E-state index < -0.39 is 23.6 Å². The summed E-state index contributed by atoms with van der Waals surface area (Å²) < 4.78 is 1.77. The van der Waals surface area contributed by atoms with Crippen molar-refractivity contribution in [2.45, 2.75) is 39.8 Å². The van der Waals surface area contributed by atoms with Crippen LogP contribution in [0, 0.1) is 12.3 Å². The Morgan fingerprint density at radius 2 is 1.81 bits per heavy atom. The van der Waals surface area contributed by atoms with Crippen LogP contribution in [0.4, 0.5) is 4.79 Å². The lowest BCUT2D eigenvalue weighted by atomic mass is 9.79. The van der Waals surface area contributed by atoms with Crippen LogP contribution in [0.25, 0.3) is 11.3 Å². The largest absolute Gasteiger partial charge is 0.465 e. The van der Waals surface area contributed by atoms with Crippen molar-refractivity contribution in [3.8, 4) is 11.3 Å². The molecule has 2 aromatic heterocycles. The average Bonchev–Trinajstić information content (AvgIpc) is 3.29. The molecular weight excluding hydrogens is 412 g/mol. The zero-order valence-corrected chi connectivity index (χ0v) is 19.2. The predicted octanol–water partition coefficient (Wildman–Crippen LogP) is 4.61. The van der Waals surface area contributed by atoms with E-state index in [0.29, 0.717) is 4.88 Å². The highest BCUT2D eigenvalue weighted by atomic mass is 32.1. The number of hydrogen-bond donors (Lipinski definition) is 3. The zero-order chi connectivity index (χ0) is 22.8. The molecule has 3 rings (SSSR count). The van der Waals surface area contributed by atoms with Crippen LogP contribution < -0.4 is 10.6 Å². The summed E-state index contributed by atoms with van der Waals surface area (Å²) in [7, 11) is 1.86. The lowest BCUT2D eigenvalue weighted by molar-refractivity contribution is 0.0904. The highest BCUT2D eigenvalue weighted by Crippen LogP contribution is 2.33. The van der Waals surface area contributed by atoms with Crippen molar-refractivity contribution in [2.24, 2.45) is 12.5 Å². The first-order chi connectivity index (χ1) is 14.6. The first-order valence-corrected chi connectivity index (χ1v) is 10.8. The Labute approximate surface area is 186 Å². The third kappa shape index (κ3) is 5.14. The van der Waals surface area contributed by atoms with E-state index in [0.717, 1.165) is 21.7 Å². The Morgan fingerprint density at radius 1 is 1.13 bits per heavy atom. The van der Waals surface area contributed by atoms with Gasteiger partial charge in [0.2, 0.25) is 0 Å². The first-order valence-electron chi connectivity index (χ1n) is 10.0. The van der Waals surface area contributed by atoms with E-state index in [1.807, 2.05) is 77.2 Å². The van der Waals surface area contributed by atoms with E-state index in [1.54, 1.807) is 10.9 Å². The summed E-state index contributed by atoms with van der Waals surface area (Å²) in [6, 6.07) is 12.2. The second-order valence-electron chi connectivity index (χ2n) is 8.58. The summed E-state index contributed by atoms with van der Waals surface area (Å²) in [5.74, 6) is -0.239. The van der Waals surface area contributed by atoms with Gasteiger partial charge in [-0.05, 0) is 30.0 Å². The summed E-state index contributed by atoms with van der Waals surface area (Å²) in [4.78, 5) is 26.4. The van der Waals surface area contributed by atoms with Gasteiger partial charge in [-0.15, -0.1) is 11.3 Å². The van der Waals surface area contributed by atoms with Gasteiger partial charge in [-0.1, -0.05) is 51.1 Å². The number of carbonyl (C=O) groups excluding carboxylic acids is 1. The van der Waals surface area contributed by atoms with Crippen molar-refractivity contribution in [2.75, 3.05) is 0 Å². The van der Waals surface area contributed by atoms with Crippen molar-refractivity contribution in [3.63, 3.8) is 0 Å². The Bertz CT molecular complexity index is 1070. The fourth-order valence-electron chi connectivity index (χ4n) is 3.65. The van der Waals surface area contributed by atoms with E-state index in [-0.39, 0.29) is 5.91 Å². The molecule has 0 aliphatic heterocycles. The molecule has 0 aliphatic rings. The van der Waals surface area contributed by atoms with Crippen LogP contribution in [0.3, 0.4) is 0 Å². The van der Waals surface area contributed by atoms with Gasteiger partial charge in [-0.2, -0.15) is 5.10 Å². The van der Waals surface area contributed by atoms with Gasteiger partial charge in [-0.25, -0.2) is 4.79 Å². The van der Waals surface area contributed by atoms with Crippen molar-refractivity contribution in [3.05, 3.63) is 64.0 Å². The van der Waals surface area contributed by atoms with E-state index in [4.69, 9.17) is 0 Å². The molecule has 0 radical (unpaired) electrons. The quantitative estimate of drug-likeness (QED) is 0.521. The zero-order valence-electron chi connectivity index (χ0n) is 18.3. The molecule has 0 fully saturated rings. The van der Waals surface area contributed by atoms with Crippen LogP contribution >= 0.6 is 11.3 Å². The van der Waals surface area contributed by atoms with E-state index in [1.165, 1.54) is 11.3 Å². The number of rotatable bonds is 6. The maximum atomic E-state index is 13.3. The smallest absolute Gasteiger partial charge is 0.404 e. The van der Waals surface area contributed by atoms with Crippen molar-refractivity contribution in [1.29, 1.82) is 0 Å². The lowest BCUT2D eigenvalue weighted by Crippen LogP contribution is -2.52. The molecule has 1 unspecified atom stereocenters. The van der Waals surface area contributed by atoms with E-state index >= 15 is 0 Å². The maximum absolute atomic E-state index is 13.3. The molecule has 31 heavy (non-hydrogen) atoms. The van der Waals surface area contributed by atoms with Gasteiger partial charge in [0.25, 0.3) is 5.91 Å². The van der Waals surface area contributed by atoms with Crippen LogP contribution in [0.15, 0.2) is 48.7 Å². The van der Waals surface area contributed by atoms with Crippen LogP contribution in [0.5, 0.6) is 0 Å². The average molecular weight is 441 g/mol. The SMILES string of the molecule is Cc1sc(C(=O)N[C@@H](c2ccccc2)C(NC(=O)O)C(C)(C)C)cc1-c1ccnn1C. The molecule has 0 spiro atoms. The number of benzene rings is 1. The molecule has 2 heterocycles. The summed E-state index contributed by atoms with van der Waals surface area (Å²) in [5, 5.41) is 19.3. The van der Waals surface area contributed by atoms with Crippen molar-refractivity contribution >= 4 is 23.3 Å². The van der Waals surface area contributed by atoms with Gasteiger partial charge < -0.3 is 15.7 Å². The number of carbonyl (C=O) groups is 2.